The normalized spacial score (nSPS) is 34.8. The number of aliphatic hydroxyl groups excluding tert-OH is 1. The van der Waals surface area contributed by atoms with Crippen LogP contribution in [0, 0.1) is 17.0 Å². The van der Waals surface area contributed by atoms with Crippen molar-refractivity contribution >= 4 is 10.9 Å². The summed E-state index contributed by atoms with van der Waals surface area (Å²) in [5.41, 5.74) is 1.20. The number of piperidine rings is 3. The van der Waals surface area contributed by atoms with Gasteiger partial charge in [-0.15, -0.1) is 6.58 Å². The zero-order chi connectivity index (χ0) is 20.1. The maximum absolute atomic E-state index is 13.4. The summed E-state index contributed by atoms with van der Waals surface area (Å²) in [6, 6.07) is 6.03. The molecule has 2 unspecified atom stereocenters. The highest BCUT2D eigenvalue weighted by molar-refractivity contribution is 5.83. The van der Waals surface area contributed by atoms with E-state index in [-0.39, 0.29) is 11.7 Å². The molecule has 3 saturated heterocycles. The van der Waals surface area contributed by atoms with Gasteiger partial charge in [-0.25, -0.2) is 0 Å². The minimum atomic E-state index is -2.56. The number of quaternary nitrogens is 1. The van der Waals surface area contributed by atoms with E-state index in [0.29, 0.717) is 41.9 Å². The maximum atomic E-state index is 13.4. The Balaban J connectivity index is 1.70. The van der Waals surface area contributed by atoms with E-state index in [1.807, 2.05) is 6.08 Å². The Kier molecular flexibility index (Phi) is 3.24. The lowest BCUT2D eigenvalue weighted by molar-refractivity contribution is -0.929. The molecule has 0 spiro atoms. The van der Waals surface area contributed by atoms with E-state index in [0.717, 1.165) is 6.42 Å². The largest absolute Gasteiger partial charge is 0.632 e. The van der Waals surface area contributed by atoms with Gasteiger partial charge in [0, 0.05) is 30.3 Å². The van der Waals surface area contributed by atoms with E-state index in [2.05, 4.69) is 11.6 Å². The predicted molar refractivity (Wildman–Crippen MR) is 96.8 cm³/mol. The third kappa shape index (κ3) is 2.63. The van der Waals surface area contributed by atoms with Crippen LogP contribution in [0.3, 0.4) is 0 Å². The Morgan fingerprint density at radius 3 is 3.16 bits per heavy atom. The predicted octanol–water partition coefficient (Wildman–Crippen LogP) is 3.19. The first-order valence-electron chi connectivity index (χ1n) is 10.2. The molecule has 5 atom stereocenters. The topological polar surface area (TPSA) is 65.4 Å². The highest BCUT2D eigenvalue weighted by atomic mass is 16.6. The summed E-state index contributed by atoms with van der Waals surface area (Å²) in [5, 5.41) is 25.2. The minimum absolute atomic E-state index is 0.178. The van der Waals surface area contributed by atoms with Crippen LogP contribution >= 0.6 is 0 Å². The van der Waals surface area contributed by atoms with Gasteiger partial charge in [-0.1, -0.05) is 6.08 Å². The Morgan fingerprint density at radius 1 is 1.52 bits per heavy atom. The van der Waals surface area contributed by atoms with E-state index in [1.54, 1.807) is 30.5 Å². The number of aromatic nitrogens is 1. The van der Waals surface area contributed by atoms with Crippen LogP contribution in [-0.2, 0) is 0 Å². The number of ether oxygens (including phenoxy) is 1. The number of aliphatic hydroxyl groups is 1. The number of hydrogen-bond acceptors (Lipinski definition) is 4. The van der Waals surface area contributed by atoms with Crippen LogP contribution in [0.4, 0.5) is 0 Å². The van der Waals surface area contributed by atoms with Crippen molar-refractivity contribution in [1.82, 2.24) is 4.98 Å². The van der Waals surface area contributed by atoms with Gasteiger partial charge in [0.05, 0.1) is 29.8 Å². The number of methoxy groups -OCH3 is 1. The van der Waals surface area contributed by atoms with Crippen molar-refractivity contribution in [3.8, 4) is 5.75 Å². The van der Waals surface area contributed by atoms with Crippen molar-refractivity contribution in [1.29, 1.82) is 0 Å². The zero-order valence-corrected chi connectivity index (χ0v) is 14.0. The summed E-state index contributed by atoms with van der Waals surface area (Å²) in [6.45, 7) is 4.82. The van der Waals surface area contributed by atoms with Crippen molar-refractivity contribution in [2.24, 2.45) is 11.8 Å². The molecular weight excluding hydrogens is 316 g/mol. The molecule has 5 rings (SSSR count). The van der Waals surface area contributed by atoms with Gasteiger partial charge in [0.2, 0.25) is 0 Å². The second-order valence-electron chi connectivity index (χ2n) is 7.24. The van der Waals surface area contributed by atoms with Gasteiger partial charge < -0.3 is 19.7 Å². The molecular formula is C20H24N2O3. The number of benzene rings is 1. The fourth-order valence-corrected chi connectivity index (χ4v) is 4.62. The smallest absolute Gasteiger partial charge is 0.132 e. The molecule has 0 radical (unpaired) electrons. The van der Waals surface area contributed by atoms with Crippen LogP contribution in [0.15, 0.2) is 43.1 Å². The molecule has 0 aliphatic carbocycles. The van der Waals surface area contributed by atoms with E-state index in [1.165, 1.54) is 0 Å². The van der Waals surface area contributed by atoms with Gasteiger partial charge in [-0.05, 0) is 35.7 Å². The molecule has 4 heterocycles. The molecule has 132 valence electrons. The third-order valence-corrected chi connectivity index (χ3v) is 6.00. The Labute approximate surface area is 151 Å². The van der Waals surface area contributed by atoms with Gasteiger partial charge in [0.1, 0.15) is 17.9 Å². The molecule has 1 N–H and O–H groups in total. The lowest BCUT2D eigenvalue weighted by Crippen LogP contribution is -2.64. The SMILES string of the molecule is [2H]C([2H])([2H])Oc1ccc2nccc([C@@H](O)[C@@H]3CC4CC[N+]3([O-])C[C@H]4C=C)c2c1. The number of hydrogen-bond donors (Lipinski definition) is 1. The molecule has 0 amide bonds. The summed E-state index contributed by atoms with van der Waals surface area (Å²) in [5.74, 6) is 0.744. The second-order valence-corrected chi connectivity index (χ2v) is 7.24. The number of hydroxylamine groups is 3. The van der Waals surface area contributed by atoms with Crippen molar-refractivity contribution in [2.45, 2.75) is 25.0 Å². The fraction of sp³-hybridized carbons (Fsp3) is 0.450. The van der Waals surface area contributed by atoms with E-state index < -0.39 is 23.8 Å². The van der Waals surface area contributed by atoms with Gasteiger partial charge in [-0.2, -0.15) is 0 Å². The van der Waals surface area contributed by atoms with Crippen LogP contribution in [-0.4, -0.2) is 40.9 Å². The van der Waals surface area contributed by atoms with Crippen molar-refractivity contribution in [3.05, 3.63) is 53.9 Å². The van der Waals surface area contributed by atoms with Crippen LogP contribution in [0.1, 0.15) is 28.6 Å². The third-order valence-electron chi connectivity index (χ3n) is 6.00. The summed E-state index contributed by atoms with van der Waals surface area (Å²) in [4.78, 5) is 4.29. The van der Waals surface area contributed by atoms with Crippen LogP contribution in [0.25, 0.3) is 10.9 Å². The van der Waals surface area contributed by atoms with Crippen LogP contribution < -0.4 is 4.74 Å². The van der Waals surface area contributed by atoms with E-state index >= 15 is 0 Å². The molecule has 3 aliphatic heterocycles. The first-order valence-corrected chi connectivity index (χ1v) is 8.66. The molecule has 3 fully saturated rings. The van der Waals surface area contributed by atoms with Crippen LogP contribution in [0.5, 0.6) is 5.75 Å². The first-order chi connectivity index (χ1) is 13.2. The standard InChI is InChI=1S/C20H24N2O3/c1-3-13-12-22(24)9-7-14(13)10-19(22)20(23)16-6-8-21-18-5-4-15(25-2)11-17(16)18/h3-6,8,11,13-14,19-20,23H,1,7,9-10,12H2,2H3/t13-,14?,19+,20-,22?/m1/s1/i2D3. The lowest BCUT2D eigenvalue weighted by Gasteiger charge is -2.61. The van der Waals surface area contributed by atoms with E-state index in [4.69, 9.17) is 8.85 Å². The molecule has 5 nitrogen and oxygen atoms in total. The molecule has 2 bridgehead atoms. The first kappa shape index (κ1) is 13.3. The Hall–Kier alpha value is -1.95. The Bertz CT molecular complexity index is 904. The highest BCUT2D eigenvalue weighted by Gasteiger charge is 2.49. The average molecular weight is 343 g/mol. The van der Waals surface area contributed by atoms with Crippen molar-refractivity contribution < 1.29 is 18.6 Å². The van der Waals surface area contributed by atoms with Crippen LogP contribution in [0.2, 0.25) is 0 Å². The molecule has 2 aromatic rings. The van der Waals surface area contributed by atoms with Gasteiger partial charge in [0.15, 0.2) is 0 Å². The number of pyridine rings is 1. The molecule has 5 heteroatoms. The number of rotatable bonds is 4. The molecule has 1 aromatic heterocycles. The molecule has 3 aliphatic rings. The summed E-state index contributed by atoms with van der Waals surface area (Å²) in [6.07, 6.45) is 4.02. The van der Waals surface area contributed by atoms with Crippen molar-refractivity contribution in [3.63, 3.8) is 0 Å². The Morgan fingerprint density at radius 2 is 2.40 bits per heavy atom. The van der Waals surface area contributed by atoms with Crippen molar-refractivity contribution in [2.75, 3.05) is 20.1 Å². The van der Waals surface area contributed by atoms with Gasteiger partial charge in [-0.3, -0.25) is 4.98 Å². The lowest BCUT2D eigenvalue weighted by atomic mass is 9.73. The zero-order valence-electron chi connectivity index (χ0n) is 17.0. The average Bonchev–Trinajstić information content (AvgIpc) is 2.65. The van der Waals surface area contributed by atoms with Gasteiger partial charge in [0.25, 0.3) is 0 Å². The molecule has 1 aromatic carbocycles. The maximum Gasteiger partial charge on any atom is 0.132 e. The second kappa shape index (κ2) is 6.09. The number of nitrogens with zero attached hydrogens (tertiary/aromatic N) is 2. The van der Waals surface area contributed by atoms with E-state index in [9.17, 15) is 10.3 Å². The molecule has 25 heavy (non-hydrogen) atoms. The summed E-state index contributed by atoms with van der Waals surface area (Å²) in [7, 11) is -2.56. The fourth-order valence-electron chi connectivity index (χ4n) is 4.62. The monoisotopic (exact) mass is 343 g/mol. The molecule has 0 saturated carbocycles. The number of fused-ring (bicyclic) bond motifs is 4. The summed E-state index contributed by atoms with van der Waals surface area (Å²) < 4.78 is 26.5. The summed E-state index contributed by atoms with van der Waals surface area (Å²) >= 11 is 0. The minimum Gasteiger partial charge on any atom is -0.632 e. The van der Waals surface area contributed by atoms with Gasteiger partial charge >= 0.3 is 0 Å². The highest BCUT2D eigenvalue weighted by Crippen LogP contribution is 2.46. The quantitative estimate of drug-likeness (QED) is 0.526.